The summed E-state index contributed by atoms with van der Waals surface area (Å²) >= 11 is 0. The smallest absolute Gasteiger partial charge is 0.248 e. The van der Waals surface area contributed by atoms with Crippen LogP contribution in [0.15, 0.2) is 24.3 Å². The number of carbonyl (C=O) groups is 1. The third-order valence-electron chi connectivity index (χ3n) is 3.99. The zero-order valence-corrected chi connectivity index (χ0v) is 13.1. The molecule has 1 aromatic carbocycles. The average Bonchev–Trinajstić information content (AvgIpc) is 2.48. The average molecular weight is 314 g/mol. The Balaban J connectivity index is 0.00000220. The van der Waals surface area contributed by atoms with Crippen LogP contribution in [0.4, 0.5) is 0 Å². The highest BCUT2D eigenvalue weighted by molar-refractivity contribution is 5.92. The van der Waals surface area contributed by atoms with E-state index in [1.54, 1.807) is 13.2 Å². The fourth-order valence-electron chi connectivity index (χ4n) is 2.79. The van der Waals surface area contributed by atoms with Gasteiger partial charge in [-0.2, -0.15) is 0 Å². The molecule has 0 aromatic heterocycles. The van der Waals surface area contributed by atoms with Crippen molar-refractivity contribution in [3.63, 3.8) is 0 Å². The number of methoxy groups -OCH3 is 1. The summed E-state index contributed by atoms with van der Waals surface area (Å²) in [6, 6.07) is 7.81. The highest BCUT2D eigenvalue weighted by Gasteiger charge is 2.27. The molecule has 5 nitrogen and oxygen atoms in total. The van der Waals surface area contributed by atoms with Crippen molar-refractivity contribution in [3.8, 4) is 0 Å². The Morgan fingerprint density at radius 1 is 1.48 bits per heavy atom. The van der Waals surface area contributed by atoms with E-state index in [0.29, 0.717) is 24.3 Å². The lowest BCUT2D eigenvalue weighted by Crippen LogP contribution is -2.47. The van der Waals surface area contributed by atoms with E-state index in [-0.39, 0.29) is 18.3 Å². The van der Waals surface area contributed by atoms with Gasteiger partial charge in [0.2, 0.25) is 5.91 Å². The van der Waals surface area contributed by atoms with Crippen LogP contribution in [0, 0.1) is 0 Å². The quantitative estimate of drug-likeness (QED) is 0.854. The number of nitrogens with two attached hydrogens (primary N) is 2. The topological polar surface area (TPSA) is 81.6 Å². The first-order chi connectivity index (χ1) is 9.63. The summed E-state index contributed by atoms with van der Waals surface area (Å²) in [5, 5.41) is 0. The van der Waals surface area contributed by atoms with Gasteiger partial charge in [-0.25, -0.2) is 0 Å². The second-order valence-electron chi connectivity index (χ2n) is 5.31. The predicted molar refractivity (Wildman–Crippen MR) is 85.5 cm³/mol. The molecule has 4 N–H and O–H groups in total. The van der Waals surface area contributed by atoms with Crippen LogP contribution < -0.4 is 11.5 Å². The second-order valence-corrected chi connectivity index (χ2v) is 5.31. The summed E-state index contributed by atoms with van der Waals surface area (Å²) in [7, 11) is 1.75. The van der Waals surface area contributed by atoms with E-state index in [1.165, 1.54) is 0 Å². The molecule has 2 atom stereocenters. The molecule has 6 heteroatoms. The molecule has 1 amide bonds. The highest BCUT2D eigenvalue weighted by Crippen LogP contribution is 2.21. The van der Waals surface area contributed by atoms with Gasteiger partial charge in [-0.05, 0) is 30.5 Å². The summed E-state index contributed by atoms with van der Waals surface area (Å²) in [6.07, 6.45) is 2.28. The normalized spacial score (nSPS) is 22.6. The maximum absolute atomic E-state index is 11.2. The van der Waals surface area contributed by atoms with Crippen LogP contribution in [0.25, 0.3) is 0 Å². The summed E-state index contributed by atoms with van der Waals surface area (Å²) in [5.41, 5.74) is 12.8. The van der Waals surface area contributed by atoms with E-state index in [4.69, 9.17) is 16.2 Å². The number of piperidine rings is 1. The van der Waals surface area contributed by atoms with Crippen LogP contribution in [-0.2, 0) is 11.3 Å². The lowest BCUT2D eigenvalue weighted by atomic mass is 9.98. The Hall–Kier alpha value is -1.14. The molecule has 0 bridgehead atoms. The maximum atomic E-state index is 11.2. The first-order valence-electron chi connectivity index (χ1n) is 6.99. The van der Waals surface area contributed by atoms with Crippen molar-refractivity contribution in [2.24, 2.45) is 11.5 Å². The Morgan fingerprint density at radius 3 is 2.86 bits per heavy atom. The number of halogens is 1. The van der Waals surface area contributed by atoms with Crippen molar-refractivity contribution < 1.29 is 9.53 Å². The lowest BCUT2D eigenvalue weighted by molar-refractivity contribution is 0.0102. The second kappa shape index (κ2) is 8.34. The van der Waals surface area contributed by atoms with E-state index in [0.717, 1.165) is 31.5 Å². The molecule has 1 saturated heterocycles. The van der Waals surface area contributed by atoms with Crippen molar-refractivity contribution in [2.45, 2.75) is 31.5 Å². The molecule has 1 aromatic rings. The summed E-state index contributed by atoms with van der Waals surface area (Å²) in [4.78, 5) is 13.6. The lowest BCUT2D eigenvalue weighted by Gasteiger charge is -2.38. The Morgan fingerprint density at radius 2 is 2.24 bits per heavy atom. The molecule has 1 fully saturated rings. The van der Waals surface area contributed by atoms with Gasteiger partial charge in [0, 0.05) is 38.3 Å². The van der Waals surface area contributed by atoms with Gasteiger partial charge in [-0.1, -0.05) is 12.1 Å². The zero-order chi connectivity index (χ0) is 14.5. The molecule has 118 valence electrons. The Kier molecular flexibility index (Phi) is 7.11. The van der Waals surface area contributed by atoms with Gasteiger partial charge in [0.05, 0.1) is 6.10 Å². The van der Waals surface area contributed by atoms with Gasteiger partial charge < -0.3 is 16.2 Å². The number of carbonyl (C=O) groups excluding carboxylic acids is 1. The third kappa shape index (κ3) is 4.68. The zero-order valence-electron chi connectivity index (χ0n) is 12.3. The first-order valence-corrected chi connectivity index (χ1v) is 6.99. The summed E-state index contributed by atoms with van der Waals surface area (Å²) < 4.78 is 5.43. The molecule has 1 heterocycles. The molecule has 0 spiro atoms. The SMILES string of the molecule is COC1CCN(Cc2cccc(C(N)=O)c2)C(CN)C1.Cl. The van der Waals surface area contributed by atoms with Crippen molar-refractivity contribution in [3.05, 3.63) is 35.4 Å². The van der Waals surface area contributed by atoms with Crippen LogP contribution in [0.1, 0.15) is 28.8 Å². The molecule has 2 unspecified atom stereocenters. The molecule has 21 heavy (non-hydrogen) atoms. The van der Waals surface area contributed by atoms with Crippen LogP contribution >= 0.6 is 12.4 Å². The number of amides is 1. The molecular formula is C15H24ClN3O2. The van der Waals surface area contributed by atoms with E-state index in [9.17, 15) is 4.79 Å². The minimum absolute atomic E-state index is 0. The van der Waals surface area contributed by atoms with Crippen LogP contribution in [-0.4, -0.2) is 43.2 Å². The minimum Gasteiger partial charge on any atom is -0.381 e. The van der Waals surface area contributed by atoms with Crippen LogP contribution in [0.2, 0.25) is 0 Å². The highest BCUT2D eigenvalue weighted by atomic mass is 35.5. The molecule has 0 radical (unpaired) electrons. The van der Waals surface area contributed by atoms with Crippen molar-refractivity contribution in [1.82, 2.24) is 4.90 Å². The number of primary amides is 1. The molecule has 1 aliphatic rings. The standard InChI is InChI=1S/C15H23N3O2.ClH/c1-20-14-5-6-18(13(8-14)9-16)10-11-3-2-4-12(7-11)15(17)19;/h2-4,7,13-14H,5-6,8-10,16H2,1H3,(H2,17,19);1H. The monoisotopic (exact) mass is 313 g/mol. The molecule has 1 aliphatic heterocycles. The summed E-state index contributed by atoms with van der Waals surface area (Å²) in [5.74, 6) is -0.389. The number of hydrogen-bond acceptors (Lipinski definition) is 4. The number of likely N-dealkylation sites (tertiary alicyclic amines) is 1. The fraction of sp³-hybridized carbons (Fsp3) is 0.533. The molecule has 0 saturated carbocycles. The molecule has 2 rings (SSSR count). The van der Waals surface area contributed by atoms with E-state index in [1.807, 2.05) is 18.2 Å². The van der Waals surface area contributed by atoms with Crippen LogP contribution in [0.5, 0.6) is 0 Å². The fourth-order valence-corrected chi connectivity index (χ4v) is 2.79. The third-order valence-corrected chi connectivity index (χ3v) is 3.99. The van der Waals surface area contributed by atoms with Gasteiger partial charge in [0.15, 0.2) is 0 Å². The number of benzene rings is 1. The van der Waals surface area contributed by atoms with Crippen LogP contribution in [0.3, 0.4) is 0 Å². The van der Waals surface area contributed by atoms with Crippen molar-refractivity contribution in [2.75, 3.05) is 20.2 Å². The van der Waals surface area contributed by atoms with Gasteiger partial charge in [0.25, 0.3) is 0 Å². The van der Waals surface area contributed by atoms with Crippen molar-refractivity contribution in [1.29, 1.82) is 0 Å². The molecular weight excluding hydrogens is 290 g/mol. The van der Waals surface area contributed by atoms with E-state index in [2.05, 4.69) is 4.90 Å². The van der Waals surface area contributed by atoms with E-state index >= 15 is 0 Å². The number of hydrogen-bond donors (Lipinski definition) is 2. The maximum Gasteiger partial charge on any atom is 0.248 e. The largest absolute Gasteiger partial charge is 0.381 e. The van der Waals surface area contributed by atoms with Crippen molar-refractivity contribution >= 4 is 18.3 Å². The number of nitrogens with zero attached hydrogens (tertiary/aromatic N) is 1. The first kappa shape index (κ1) is 17.9. The number of ether oxygens (including phenoxy) is 1. The minimum atomic E-state index is -0.389. The summed E-state index contributed by atoms with van der Waals surface area (Å²) in [6.45, 7) is 2.37. The predicted octanol–water partition coefficient (Wildman–Crippen LogP) is 1.15. The van der Waals surface area contributed by atoms with Gasteiger partial charge in [-0.15, -0.1) is 12.4 Å². The van der Waals surface area contributed by atoms with E-state index < -0.39 is 0 Å². The Labute approximate surface area is 132 Å². The Bertz CT molecular complexity index is 470. The molecule has 0 aliphatic carbocycles. The number of rotatable bonds is 5. The van der Waals surface area contributed by atoms with Gasteiger partial charge in [-0.3, -0.25) is 9.69 Å². The van der Waals surface area contributed by atoms with Gasteiger partial charge >= 0.3 is 0 Å². The van der Waals surface area contributed by atoms with Gasteiger partial charge in [0.1, 0.15) is 0 Å².